The van der Waals surface area contributed by atoms with Gasteiger partial charge in [0.2, 0.25) is 0 Å². The van der Waals surface area contributed by atoms with Crippen LogP contribution in [0.4, 0.5) is 4.79 Å². The standard InChI is InChI=1S/C12H15NO4S/c1-16-11(14)10(13)8-18-12(15)17-7-9-5-3-2-4-6-9/h2-6,10H,7-8,13H2,1H3/t10-/m0/s1. The maximum absolute atomic E-state index is 11.4. The first-order valence-corrected chi connectivity index (χ1v) is 6.29. The molecule has 0 bridgehead atoms. The summed E-state index contributed by atoms with van der Waals surface area (Å²) in [6.07, 6.45) is 0. The minimum absolute atomic E-state index is 0.139. The average molecular weight is 269 g/mol. The quantitative estimate of drug-likeness (QED) is 0.817. The molecule has 0 saturated heterocycles. The summed E-state index contributed by atoms with van der Waals surface area (Å²) in [5.41, 5.74) is 6.39. The third kappa shape index (κ3) is 5.20. The second-order valence-corrected chi connectivity index (χ2v) is 4.42. The topological polar surface area (TPSA) is 78.6 Å². The van der Waals surface area contributed by atoms with Crippen molar-refractivity contribution in [1.29, 1.82) is 0 Å². The number of nitrogens with two attached hydrogens (primary N) is 1. The van der Waals surface area contributed by atoms with Gasteiger partial charge in [-0.05, 0) is 17.3 Å². The molecule has 0 spiro atoms. The van der Waals surface area contributed by atoms with E-state index in [1.165, 1.54) is 7.11 Å². The third-order valence-corrected chi connectivity index (χ3v) is 2.96. The van der Waals surface area contributed by atoms with Gasteiger partial charge in [-0.3, -0.25) is 4.79 Å². The van der Waals surface area contributed by atoms with Crippen molar-refractivity contribution in [3.63, 3.8) is 0 Å². The molecule has 1 aromatic carbocycles. The Labute approximate surface area is 110 Å². The lowest BCUT2D eigenvalue weighted by molar-refractivity contribution is -0.141. The molecule has 98 valence electrons. The molecule has 0 amide bonds. The van der Waals surface area contributed by atoms with E-state index >= 15 is 0 Å². The Hall–Kier alpha value is -1.53. The van der Waals surface area contributed by atoms with E-state index in [0.717, 1.165) is 17.3 Å². The molecule has 0 unspecified atom stereocenters. The lowest BCUT2D eigenvalue weighted by Gasteiger charge is -2.08. The first-order valence-electron chi connectivity index (χ1n) is 5.30. The van der Waals surface area contributed by atoms with Crippen LogP contribution in [-0.2, 0) is 20.9 Å². The molecule has 0 heterocycles. The normalized spacial score (nSPS) is 11.7. The van der Waals surface area contributed by atoms with Gasteiger partial charge in [-0.15, -0.1) is 0 Å². The summed E-state index contributed by atoms with van der Waals surface area (Å²) in [4.78, 5) is 22.4. The number of thioether (sulfide) groups is 1. The molecule has 2 N–H and O–H groups in total. The molecule has 1 aromatic rings. The molecule has 0 aromatic heterocycles. The molecule has 5 nitrogen and oxygen atoms in total. The predicted molar refractivity (Wildman–Crippen MR) is 69.1 cm³/mol. The zero-order valence-corrected chi connectivity index (χ0v) is 10.8. The fourth-order valence-corrected chi connectivity index (χ4v) is 1.73. The first kappa shape index (κ1) is 14.5. The molecular weight excluding hydrogens is 254 g/mol. The third-order valence-electron chi connectivity index (χ3n) is 2.08. The van der Waals surface area contributed by atoms with Crippen molar-refractivity contribution in [2.24, 2.45) is 5.73 Å². The summed E-state index contributed by atoms with van der Waals surface area (Å²) < 4.78 is 9.45. The largest absolute Gasteiger partial charge is 0.468 e. The van der Waals surface area contributed by atoms with Crippen molar-refractivity contribution >= 4 is 23.0 Å². The van der Waals surface area contributed by atoms with Crippen LogP contribution in [0.3, 0.4) is 0 Å². The number of hydrogen-bond acceptors (Lipinski definition) is 6. The van der Waals surface area contributed by atoms with Crippen LogP contribution < -0.4 is 5.73 Å². The van der Waals surface area contributed by atoms with Gasteiger partial charge in [-0.1, -0.05) is 30.3 Å². The van der Waals surface area contributed by atoms with Gasteiger partial charge in [0.1, 0.15) is 12.6 Å². The van der Waals surface area contributed by atoms with Gasteiger partial charge in [-0.2, -0.15) is 0 Å². The lowest BCUT2D eigenvalue weighted by Crippen LogP contribution is -2.34. The Morgan fingerprint density at radius 3 is 2.61 bits per heavy atom. The summed E-state index contributed by atoms with van der Waals surface area (Å²) in [5, 5.41) is -0.460. The van der Waals surface area contributed by atoms with E-state index in [-0.39, 0.29) is 12.4 Å². The number of rotatable bonds is 5. The van der Waals surface area contributed by atoms with Crippen molar-refractivity contribution in [3.8, 4) is 0 Å². The second kappa shape index (κ2) is 7.73. The van der Waals surface area contributed by atoms with Crippen LogP contribution in [0.2, 0.25) is 0 Å². The van der Waals surface area contributed by atoms with Crippen LogP contribution in [0.25, 0.3) is 0 Å². The van der Waals surface area contributed by atoms with E-state index in [1.54, 1.807) is 0 Å². The van der Waals surface area contributed by atoms with Crippen molar-refractivity contribution in [2.45, 2.75) is 12.6 Å². The van der Waals surface area contributed by atoms with Gasteiger partial charge < -0.3 is 15.2 Å². The van der Waals surface area contributed by atoms with Crippen molar-refractivity contribution in [2.75, 3.05) is 12.9 Å². The minimum Gasteiger partial charge on any atom is -0.468 e. The molecule has 0 aliphatic carbocycles. The van der Waals surface area contributed by atoms with Crippen LogP contribution in [0.5, 0.6) is 0 Å². The smallest absolute Gasteiger partial charge is 0.367 e. The average Bonchev–Trinajstić information content (AvgIpc) is 2.42. The SMILES string of the molecule is COC(=O)[C@@H](N)CSC(=O)OCc1ccccc1. The first-order chi connectivity index (χ1) is 8.63. The molecule has 0 radical (unpaired) electrons. The number of benzene rings is 1. The summed E-state index contributed by atoms with van der Waals surface area (Å²) in [6, 6.07) is 8.52. The highest BCUT2D eigenvalue weighted by atomic mass is 32.2. The van der Waals surface area contributed by atoms with Gasteiger partial charge in [0.05, 0.1) is 7.11 Å². The monoisotopic (exact) mass is 269 g/mol. The van der Waals surface area contributed by atoms with Gasteiger partial charge in [-0.25, -0.2) is 4.79 Å². The molecule has 18 heavy (non-hydrogen) atoms. The van der Waals surface area contributed by atoms with Crippen LogP contribution in [0.15, 0.2) is 30.3 Å². The number of ether oxygens (including phenoxy) is 2. The highest BCUT2D eigenvalue weighted by molar-refractivity contribution is 8.13. The number of methoxy groups -OCH3 is 1. The van der Waals surface area contributed by atoms with Crippen molar-refractivity contribution in [3.05, 3.63) is 35.9 Å². The van der Waals surface area contributed by atoms with Gasteiger partial charge >= 0.3 is 11.3 Å². The Kier molecular flexibility index (Phi) is 6.24. The summed E-state index contributed by atoms with van der Waals surface area (Å²) in [7, 11) is 1.25. The summed E-state index contributed by atoms with van der Waals surface area (Å²) in [6.45, 7) is 0.208. The Morgan fingerprint density at radius 1 is 1.33 bits per heavy atom. The fraction of sp³-hybridized carbons (Fsp3) is 0.333. The molecule has 1 rings (SSSR count). The molecule has 0 fully saturated rings. The van der Waals surface area contributed by atoms with Crippen LogP contribution in [-0.4, -0.2) is 30.2 Å². The summed E-state index contributed by atoms with van der Waals surface area (Å²) in [5.74, 6) is -0.404. The zero-order chi connectivity index (χ0) is 13.4. The van der Waals surface area contributed by atoms with Gasteiger partial charge in [0, 0.05) is 5.75 Å². The number of carbonyl (C=O) groups is 2. The fourth-order valence-electron chi connectivity index (χ4n) is 1.14. The second-order valence-electron chi connectivity index (χ2n) is 3.46. The molecular formula is C12H15NO4S. The van der Waals surface area contributed by atoms with Gasteiger partial charge in [0.25, 0.3) is 0 Å². The summed E-state index contributed by atoms with van der Waals surface area (Å²) >= 11 is 0.861. The highest BCUT2D eigenvalue weighted by Crippen LogP contribution is 2.10. The maximum Gasteiger partial charge on any atom is 0.367 e. The van der Waals surface area contributed by atoms with Crippen LogP contribution >= 0.6 is 11.8 Å². The van der Waals surface area contributed by atoms with Crippen LogP contribution in [0, 0.1) is 0 Å². The predicted octanol–water partition coefficient (Wildman–Crippen LogP) is 1.56. The van der Waals surface area contributed by atoms with E-state index in [4.69, 9.17) is 10.5 Å². The Bertz CT molecular complexity index is 396. The van der Waals surface area contributed by atoms with E-state index in [1.807, 2.05) is 30.3 Å². The highest BCUT2D eigenvalue weighted by Gasteiger charge is 2.16. The molecule has 1 atom stereocenters. The van der Waals surface area contributed by atoms with Crippen LogP contribution in [0.1, 0.15) is 5.56 Å². The molecule has 0 aliphatic heterocycles. The van der Waals surface area contributed by atoms with E-state index in [9.17, 15) is 9.59 Å². The minimum atomic E-state index is -0.815. The van der Waals surface area contributed by atoms with E-state index in [2.05, 4.69) is 4.74 Å². The van der Waals surface area contributed by atoms with Gasteiger partial charge in [0.15, 0.2) is 0 Å². The Morgan fingerprint density at radius 2 is 2.00 bits per heavy atom. The zero-order valence-electron chi connectivity index (χ0n) is 10.00. The molecule has 0 saturated carbocycles. The van der Waals surface area contributed by atoms with Crippen molar-refractivity contribution in [1.82, 2.24) is 0 Å². The Balaban J connectivity index is 2.24. The lowest BCUT2D eigenvalue weighted by atomic mass is 10.2. The molecule has 6 heteroatoms. The molecule has 0 aliphatic rings. The number of hydrogen-bond donors (Lipinski definition) is 1. The number of carbonyl (C=O) groups excluding carboxylic acids is 2. The van der Waals surface area contributed by atoms with E-state index in [0.29, 0.717) is 0 Å². The maximum atomic E-state index is 11.4. The number of esters is 1. The van der Waals surface area contributed by atoms with E-state index < -0.39 is 17.3 Å². The van der Waals surface area contributed by atoms with Crippen molar-refractivity contribution < 1.29 is 19.1 Å².